The molecule has 39 heavy (non-hydrogen) atoms. The van der Waals surface area contributed by atoms with Gasteiger partial charge >= 0.3 is 0 Å². The van der Waals surface area contributed by atoms with Crippen LogP contribution in [0.1, 0.15) is 63.0 Å². The first-order valence-electron chi connectivity index (χ1n) is 13.9. The molecule has 0 bridgehead atoms. The van der Waals surface area contributed by atoms with Gasteiger partial charge in [-0.2, -0.15) is 0 Å². The lowest BCUT2D eigenvalue weighted by Crippen LogP contribution is -2.45. The van der Waals surface area contributed by atoms with Crippen LogP contribution >= 0.6 is 0 Å². The number of amides is 2. The summed E-state index contributed by atoms with van der Waals surface area (Å²) in [5.41, 5.74) is 1.31. The zero-order chi connectivity index (χ0) is 27.6. The van der Waals surface area contributed by atoms with Gasteiger partial charge in [-0.15, -0.1) is 0 Å². The van der Waals surface area contributed by atoms with Crippen molar-refractivity contribution >= 4 is 22.8 Å². The molecule has 1 aliphatic heterocycles. The number of fused-ring (bicyclic) bond motifs is 1. The molecule has 2 aromatic carbocycles. The number of hydrogen-bond acceptors (Lipinski definition) is 5. The van der Waals surface area contributed by atoms with Crippen molar-refractivity contribution in [2.45, 2.75) is 71.1 Å². The maximum Gasteiger partial charge on any atom is 0.242 e. The molecule has 1 fully saturated rings. The van der Waals surface area contributed by atoms with E-state index >= 15 is 0 Å². The van der Waals surface area contributed by atoms with E-state index in [0.717, 1.165) is 38.5 Å². The van der Waals surface area contributed by atoms with Crippen LogP contribution in [-0.2, 0) is 27.4 Å². The molecule has 4 rings (SSSR count). The molecule has 0 saturated carbocycles. The molecule has 2 heterocycles. The van der Waals surface area contributed by atoms with Gasteiger partial charge in [0.25, 0.3) is 0 Å². The third-order valence-corrected chi connectivity index (χ3v) is 7.12. The fourth-order valence-corrected chi connectivity index (χ4v) is 4.89. The highest BCUT2D eigenvalue weighted by molar-refractivity contribution is 5.85. The Morgan fingerprint density at radius 1 is 0.974 bits per heavy atom. The highest BCUT2D eigenvalue weighted by Gasteiger charge is 2.27. The summed E-state index contributed by atoms with van der Waals surface area (Å²) >= 11 is 0. The molecule has 8 heteroatoms. The van der Waals surface area contributed by atoms with Crippen molar-refractivity contribution in [3.63, 3.8) is 0 Å². The van der Waals surface area contributed by atoms with Crippen molar-refractivity contribution in [3.8, 4) is 0 Å². The highest BCUT2D eigenvalue weighted by atomic mass is 19.1. The molecule has 0 spiro atoms. The van der Waals surface area contributed by atoms with Crippen LogP contribution in [0.4, 0.5) is 4.39 Å². The van der Waals surface area contributed by atoms with Crippen molar-refractivity contribution in [2.24, 2.45) is 0 Å². The highest BCUT2D eigenvalue weighted by Crippen LogP contribution is 2.18. The summed E-state index contributed by atoms with van der Waals surface area (Å²) in [6, 6.07) is 12.9. The van der Waals surface area contributed by atoms with E-state index in [0.29, 0.717) is 41.7 Å². The Morgan fingerprint density at radius 3 is 2.51 bits per heavy atom. The number of ether oxygens (including phenoxy) is 1. The molecule has 1 atom stereocenters. The maximum atomic E-state index is 13.7. The third-order valence-electron chi connectivity index (χ3n) is 7.12. The zero-order valence-corrected chi connectivity index (χ0v) is 22.6. The smallest absolute Gasteiger partial charge is 0.242 e. The molecule has 1 saturated heterocycles. The van der Waals surface area contributed by atoms with Crippen LogP contribution in [0.2, 0.25) is 0 Å². The Hall–Kier alpha value is -3.52. The molecule has 7 nitrogen and oxygen atoms in total. The SMILES string of the molecule is CCCCCCC(=O)N(CC(=O)N(Cc1ccc(F)cc1)Cc1coc2ccccc2c1=O)CC1CCCO1. The van der Waals surface area contributed by atoms with Gasteiger partial charge in [0, 0.05) is 26.1 Å². The van der Waals surface area contributed by atoms with Crippen LogP contribution in [0.3, 0.4) is 0 Å². The number of hydrogen-bond donors (Lipinski definition) is 0. The Kier molecular flexibility index (Phi) is 10.3. The van der Waals surface area contributed by atoms with E-state index in [9.17, 15) is 18.8 Å². The molecule has 2 amide bonds. The van der Waals surface area contributed by atoms with Gasteiger partial charge in [-0.1, -0.05) is 50.5 Å². The monoisotopic (exact) mass is 536 g/mol. The van der Waals surface area contributed by atoms with Crippen molar-refractivity contribution in [1.82, 2.24) is 9.80 Å². The molecule has 3 aromatic rings. The van der Waals surface area contributed by atoms with Crippen molar-refractivity contribution in [2.75, 3.05) is 19.7 Å². The second-order valence-corrected chi connectivity index (χ2v) is 10.2. The van der Waals surface area contributed by atoms with E-state index in [-0.39, 0.29) is 48.8 Å². The summed E-state index contributed by atoms with van der Waals surface area (Å²) < 4.78 is 25.0. The summed E-state index contributed by atoms with van der Waals surface area (Å²) in [7, 11) is 0. The Bertz CT molecular complexity index is 1300. The molecule has 1 aromatic heterocycles. The number of nitrogens with zero attached hydrogens (tertiary/aromatic N) is 2. The Balaban J connectivity index is 1.56. The first-order valence-corrected chi connectivity index (χ1v) is 13.9. The molecule has 1 aliphatic rings. The van der Waals surface area contributed by atoms with Gasteiger partial charge in [0.05, 0.1) is 36.4 Å². The number of para-hydroxylation sites is 1. The number of carbonyl (C=O) groups excluding carboxylic acids is 2. The van der Waals surface area contributed by atoms with Crippen LogP contribution in [-0.4, -0.2) is 47.4 Å². The summed E-state index contributed by atoms with van der Waals surface area (Å²) in [6.45, 7) is 3.18. The van der Waals surface area contributed by atoms with Gasteiger partial charge in [-0.05, 0) is 49.1 Å². The van der Waals surface area contributed by atoms with Crippen LogP contribution < -0.4 is 5.43 Å². The Labute approximate surface area is 228 Å². The Morgan fingerprint density at radius 2 is 1.77 bits per heavy atom. The van der Waals surface area contributed by atoms with E-state index in [2.05, 4.69) is 6.92 Å². The van der Waals surface area contributed by atoms with E-state index in [4.69, 9.17) is 9.15 Å². The topological polar surface area (TPSA) is 80.1 Å². The molecule has 0 aliphatic carbocycles. The van der Waals surface area contributed by atoms with Gasteiger partial charge in [-0.3, -0.25) is 14.4 Å². The quantitative estimate of drug-likeness (QED) is 0.272. The number of halogens is 1. The molecule has 0 radical (unpaired) electrons. The first-order chi connectivity index (χ1) is 18.9. The van der Waals surface area contributed by atoms with Gasteiger partial charge in [0.1, 0.15) is 11.4 Å². The lowest BCUT2D eigenvalue weighted by atomic mass is 10.1. The van der Waals surface area contributed by atoms with Gasteiger partial charge < -0.3 is 19.0 Å². The predicted molar refractivity (Wildman–Crippen MR) is 147 cm³/mol. The van der Waals surface area contributed by atoms with Crippen molar-refractivity contribution in [3.05, 3.63) is 82.0 Å². The van der Waals surface area contributed by atoms with Crippen LogP contribution in [0.15, 0.2) is 64.0 Å². The van der Waals surface area contributed by atoms with Gasteiger partial charge in [0.2, 0.25) is 11.8 Å². The van der Waals surface area contributed by atoms with Crippen molar-refractivity contribution in [1.29, 1.82) is 0 Å². The fourth-order valence-electron chi connectivity index (χ4n) is 4.89. The number of rotatable bonds is 13. The zero-order valence-electron chi connectivity index (χ0n) is 22.6. The third kappa shape index (κ3) is 7.99. The molecule has 208 valence electrons. The normalized spacial score (nSPS) is 15.0. The second-order valence-electron chi connectivity index (χ2n) is 10.2. The number of benzene rings is 2. The van der Waals surface area contributed by atoms with E-state index in [1.165, 1.54) is 23.3 Å². The summed E-state index contributed by atoms with van der Waals surface area (Å²) in [4.78, 5) is 43.3. The summed E-state index contributed by atoms with van der Waals surface area (Å²) in [5.74, 6) is -0.739. The van der Waals surface area contributed by atoms with Gasteiger partial charge in [0.15, 0.2) is 5.43 Å². The minimum Gasteiger partial charge on any atom is -0.464 e. The van der Waals surface area contributed by atoms with E-state index < -0.39 is 0 Å². The van der Waals surface area contributed by atoms with Crippen molar-refractivity contribution < 1.29 is 23.1 Å². The lowest BCUT2D eigenvalue weighted by molar-refractivity contribution is -0.142. The first kappa shape index (κ1) is 28.5. The molecule has 0 N–H and O–H groups in total. The minimum atomic E-state index is -0.372. The number of unbranched alkanes of at least 4 members (excludes halogenated alkanes) is 3. The van der Waals surface area contributed by atoms with E-state index in [1.54, 1.807) is 41.3 Å². The van der Waals surface area contributed by atoms with Crippen LogP contribution in [0, 0.1) is 5.82 Å². The number of carbonyl (C=O) groups is 2. The minimum absolute atomic E-state index is 0.00182. The average molecular weight is 537 g/mol. The second kappa shape index (κ2) is 14.0. The maximum absolute atomic E-state index is 13.7. The van der Waals surface area contributed by atoms with Gasteiger partial charge in [-0.25, -0.2) is 4.39 Å². The molecular weight excluding hydrogens is 499 g/mol. The molecular formula is C31H37FN2O5. The standard InChI is InChI=1S/C31H37FN2O5/c1-2-3-4-5-12-29(35)34(20-26-9-8-17-38-26)21-30(36)33(18-23-13-15-25(32)16-14-23)19-24-22-39-28-11-7-6-10-27(28)31(24)37/h6-7,10-11,13-16,22,26H,2-5,8-9,12,17-21H2,1H3. The predicted octanol–water partition coefficient (Wildman–Crippen LogP) is 5.44. The van der Waals surface area contributed by atoms with Crippen LogP contribution in [0.5, 0.6) is 0 Å². The van der Waals surface area contributed by atoms with E-state index in [1.807, 2.05) is 0 Å². The largest absolute Gasteiger partial charge is 0.464 e. The summed E-state index contributed by atoms with van der Waals surface area (Å²) in [6.07, 6.45) is 7.36. The lowest BCUT2D eigenvalue weighted by Gasteiger charge is -2.29. The average Bonchev–Trinajstić information content (AvgIpc) is 3.46. The summed E-state index contributed by atoms with van der Waals surface area (Å²) in [5, 5.41) is 0.437. The fraction of sp³-hybridized carbons (Fsp3) is 0.452. The molecule has 1 unspecified atom stereocenters. The van der Waals surface area contributed by atoms with Crippen LogP contribution in [0.25, 0.3) is 11.0 Å².